The molecule has 100 valence electrons. The number of hydrogen-bond donors (Lipinski definition) is 1. The molecule has 7 nitrogen and oxygen atoms in total. The summed E-state index contributed by atoms with van der Waals surface area (Å²) < 4.78 is 28.6. The van der Waals surface area contributed by atoms with Crippen molar-refractivity contribution in [2.24, 2.45) is 0 Å². The molecular weight excluding hydrogens is 250 g/mol. The molecule has 0 unspecified atom stereocenters. The van der Waals surface area contributed by atoms with Gasteiger partial charge in [0.25, 0.3) is 0 Å². The second kappa shape index (κ2) is 7.23. The normalized spacial score (nSPS) is 11.5. The third kappa shape index (κ3) is 6.22. The van der Waals surface area contributed by atoms with Crippen LogP contribution in [0.4, 0.5) is 0 Å². The maximum absolute atomic E-state index is 11.7. The first kappa shape index (κ1) is 15.9. The first-order chi connectivity index (χ1) is 7.83. The van der Waals surface area contributed by atoms with Gasteiger partial charge in [-0.1, -0.05) is 6.92 Å². The van der Waals surface area contributed by atoms with Crippen LogP contribution in [0.5, 0.6) is 0 Å². The van der Waals surface area contributed by atoms with E-state index in [1.54, 1.807) is 6.92 Å². The second-order valence-corrected chi connectivity index (χ2v) is 5.40. The number of aliphatic carboxylic acids is 1. The van der Waals surface area contributed by atoms with Crippen LogP contribution in [-0.4, -0.2) is 55.7 Å². The Morgan fingerprint density at radius 1 is 1.35 bits per heavy atom. The van der Waals surface area contributed by atoms with Crippen molar-refractivity contribution in [3.63, 3.8) is 0 Å². The number of hydrogen-bond acceptors (Lipinski definition) is 5. The predicted octanol–water partition coefficient (Wildman–Crippen LogP) is -0.324. The van der Waals surface area contributed by atoms with E-state index in [-0.39, 0.29) is 25.1 Å². The molecule has 0 saturated heterocycles. The van der Waals surface area contributed by atoms with Gasteiger partial charge in [-0.2, -0.15) is 4.31 Å². The highest BCUT2D eigenvalue weighted by Gasteiger charge is 2.22. The number of nitrogens with zero attached hydrogens (tertiary/aromatic N) is 1. The van der Waals surface area contributed by atoms with Crippen LogP contribution < -0.4 is 0 Å². The summed E-state index contributed by atoms with van der Waals surface area (Å²) in [4.78, 5) is 21.3. The zero-order valence-corrected chi connectivity index (χ0v) is 10.7. The lowest BCUT2D eigenvalue weighted by atomic mass is 10.3. The molecule has 0 radical (unpaired) electrons. The van der Waals surface area contributed by atoms with Crippen molar-refractivity contribution in [3.05, 3.63) is 0 Å². The van der Waals surface area contributed by atoms with Crippen molar-refractivity contribution >= 4 is 22.0 Å². The van der Waals surface area contributed by atoms with Crippen LogP contribution in [0.15, 0.2) is 0 Å². The molecule has 0 aliphatic carbocycles. The summed E-state index contributed by atoms with van der Waals surface area (Å²) in [7, 11) is -2.40. The maximum Gasteiger partial charge on any atom is 0.318 e. The average Bonchev–Trinajstić information content (AvgIpc) is 2.24. The van der Waals surface area contributed by atoms with Gasteiger partial charge in [-0.15, -0.1) is 0 Å². The van der Waals surface area contributed by atoms with Crippen molar-refractivity contribution in [3.8, 4) is 0 Å². The van der Waals surface area contributed by atoms with Crippen LogP contribution in [0.3, 0.4) is 0 Å². The van der Waals surface area contributed by atoms with Crippen LogP contribution in [0.1, 0.15) is 19.8 Å². The minimum atomic E-state index is -3.63. The summed E-state index contributed by atoms with van der Waals surface area (Å²) in [5.41, 5.74) is 0. The molecule has 0 bridgehead atoms. The lowest BCUT2D eigenvalue weighted by molar-refractivity contribution is -0.140. The average molecular weight is 267 g/mol. The summed E-state index contributed by atoms with van der Waals surface area (Å²) >= 11 is 0. The fourth-order valence-electron chi connectivity index (χ4n) is 1.19. The molecular formula is C9H17NO6S. The third-order valence-corrected chi connectivity index (χ3v) is 4.05. The molecule has 0 aliphatic rings. The van der Waals surface area contributed by atoms with Gasteiger partial charge >= 0.3 is 11.9 Å². The summed E-state index contributed by atoms with van der Waals surface area (Å²) in [6.07, 6.45) is 0.117. The lowest BCUT2D eigenvalue weighted by Crippen LogP contribution is -2.37. The van der Waals surface area contributed by atoms with Crippen molar-refractivity contribution in [2.75, 3.05) is 26.0 Å². The van der Waals surface area contributed by atoms with E-state index in [2.05, 4.69) is 4.74 Å². The number of esters is 1. The van der Waals surface area contributed by atoms with Gasteiger partial charge in [0.2, 0.25) is 10.0 Å². The van der Waals surface area contributed by atoms with E-state index in [0.29, 0.717) is 0 Å². The van der Waals surface area contributed by atoms with Crippen molar-refractivity contribution in [2.45, 2.75) is 19.8 Å². The Balaban J connectivity index is 4.34. The molecule has 8 heteroatoms. The first-order valence-electron chi connectivity index (χ1n) is 5.10. The molecule has 0 rings (SSSR count). The topological polar surface area (TPSA) is 101 Å². The number of ether oxygens (including phenoxy) is 1. The fourth-order valence-corrected chi connectivity index (χ4v) is 2.66. The molecule has 1 N–H and O–H groups in total. The standard InChI is InChI=1S/C9H17NO6S/c1-3-10(7-8(11)12)17(14,15)6-4-5-9(13)16-2/h3-7H2,1-2H3,(H,11,12). The van der Waals surface area contributed by atoms with Crippen LogP contribution in [0.25, 0.3) is 0 Å². The van der Waals surface area contributed by atoms with Gasteiger partial charge in [-0.25, -0.2) is 8.42 Å². The summed E-state index contributed by atoms with van der Waals surface area (Å²) in [6.45, 7) is 1.09. The number of rotatable bonds is 8. The molecule has 0 amide bonds. The van der Waals surface area contributed by atoms with E-state index in [0.717, 1.165) is 4.31 Å². The molecule has 0 spiro atoms. The van der Waals surface area contributed by atoms with Gasteiger partial charge in [-0.3, -0.25) is 9.59 Å². The van der Waals surface area contributed by atoms with Gasteiger partial charge in [0.1, 0.15) is 6.54 Å². The van der Waals surface area contributed by atoms with E-state index in [1.165, 1.54) is 7.11 Å². The highest BCUT2D eigenvalue weighted by molar-refractivity contribution is 7.89. The van der Waals surface area contributed by atoms with E-state index in [9.17, 15) is 18.0 Å². The number of sulfonamides is 1. The summed E-state index contributed by atoms with van der Waals surface area (Å²) in [5.74, 6) is -1.95. The lowest BCUT2D eigenvalue weighted by Gasteiger charge is -2.17. The Morgan fingerprint density at radius 2 is 1.94 bits per heavy atom. The monoisotopic (exact) mass is 267 g/mol. The number of carboxylic acids is 1. The molecule has 0 aromatic heterocycles. The van der Waals surface area contributed by atoms with Gasteiger partial charge < -0.3 is 9.84 Å². The summed E-state index contributed by atoms with van der Waals surface area (Å²) in [5, 5.41) is 8.55. The van der Waals surface area contributed by atoms with Crippen molar-refractivity contribution in [1.29, 1.82) is 0 Å². The van der Waals surface area contributed by atoms with Crippen LogP contribution in [-0.2, 0) is 24.3 Å². The number of carbonyl (C=O) groups excluding carboxylic acids is 1. The van der Waals surface area contributed by atoms with E-state index in [4.69, 9.17) is 5.11 Å². The summed E-state index contributed by atoms with van der Waals surface area (Å²) in [6, 6.07) is 0. The zero-order valence-electron chi connectivity index (χ0n) is 9.88. The minimum Gasteiger partial charge on any atom is -0.480 e. The van der Waals surface area contributed by atoms with Crippen LogP contribution in [0, 0.1) is 0 Å². The van der Waals surface area contributed by atoms with Gasteiger partial charge in [0.15, 0.2) is 0 Å². The smallest absolute Gasteiger partial charge is 0.318 e. The quantitative estimate of drug-likeness (QED) is 0.605. The Kier molecular flexibility index (Phi) is 6.74. The Labute approximate surface area is 100 Å². The first-order valence-corrected chi connectivity index (χ1v) is 6.70. The molecule has 0 heterocycles. The van der Waals surface area contributed by atoms with E-state index >= 15 is 0 Å². The van der Waals surface area contributed by atoms with E-state index < -0.39 is 28.5 Å². The molecule has 0 fully saturated rings. The van der Waals surface area contributed by atoms with Crippen LogP contribution >= 0.6 is 0 Å². The second-order valence-electron chi connectivity index (χ2n) is 3.32. The third-order valence-electron chi connectivity index (χ3n) is 2.07. The zero-order chi connectivity index (χ0) is 13.5. The maximum atomic E-state index is 11.7. The number of likely N-dealkylation sites (N-methyl/N-ethyl adjacent to an activating group) is 1. The number of carbonyl (C=O) groups is 2. The number of methoxy groups -OCH3 is 1. The van der Waals surface area contributed by atoms with Crippen molar-refractivity contribution < 1.29 is 27.9 Å². The largest absolute Gasteiger partial charge is 0.480 e. The van der Waals surface area contributed by atoms with Crippen LogP contribution in [0.2, 0.25) is 0 Å². The molecule has 0 aromatic carbocycles. The Bertz CT molecular complexity index is 364. The highest BCUT2D eigenvalue weighted by atomic mass is 32.2. The van der Waals surface area contributed by atoms with Crippen molar-refractivity contribution in [1.82, 2.24) is 4.31 Å². The Morgan fingerprint density at radius 3 is 2.35 bits per heavy atom. The fraction of sp³-hybridized carbons (Fsp3) is 0.778. The van der Waals surface area contributed by atoms with Gasteiger partial charge in [0.05, 0.1) is 12.9 Å². The van der Waals surface area contributed by atoms with Gasteiger partial charge in [0, 0.05) is 13.0 Å². The SMILES string of the molecule is CCN(CC(=O)O)S(=O)(=O)CCCC(=O)OC. The molecule has 17 heavy (non-hydrogen) atoms. The number of carboxylic acid groups (broad SMARTS) is 1. The van der Waals surface area contributed by atoms with E-state index in [1.807, 2.05) is 0 Å². The molecule has 0 atom stereocenters. The molecule has 0 saturated carbocycles. The Hall–Kier alpha value is -1.15. The highest BCUT2D eigenvalue weighted by Crippen LogP contribution is 2.05. The minimum absolute atomic E-state index is 0.000353. The molecule has 0 aliphatic heterocycles. The predicted molar refractivity (Wildman–Crippen MR) is 59.9 cm³/mol. The molecule has 0 aromatic rings. The van der Waals surface area contributed by atoms with Gasteiger partial charge in [-0.05, 0) is 6.42 Å².